The maximum Gasteiger partial charge on any atom is 0.430 e. The van der Waals surface area contributed by atoms with Crippen molar-refractivity contribution in [2.24, 2.45) is 0 Å². The van der Waals surface area contributed by atoms with Crippen LogP contribution in [0.5, 0.6) is 0 Å². The number of nitro benzene ring substituents is 1. The fourth-order valence-electron chi connectivity index (χ4n) is 2.90. The summed E-state index contributed by atoms with van der Waals surface area (Å²) in [5, 5.41) is 32.9. The molecule has 0 radical (unpaired) electrons. The summed E-state index contributed by atoms with van der Waals surface area (Å²) in [6.45, 7) is 2.83. The minimum Gasteiger partial charge on any atom is -0.595 e. The Kier molecular flexibility index (Phi) is 7.72. The molecule has 0 aliphatic heterocycles. The van der Waals surface area contributed by atoms with Crippen LogP contribution in [0, 0.1) is 22.2 Å². The minimum atomic E-state index is -5.19. The molecule has 0 aliphatic carbocycles. The Morgan fingerprint density at radius 1 is 1.15 bits per heavy atom. The lowest BCUT2D eigenvalue weighted by Gasteiger charge is -2.06. The van der Waals surface area contributed by atoms with Crippen LogP contribution in [0.15, 0.2) is 42.5 Å². The number of rotatable bonds is 6. The van der Waals surface area contributed by atoms with Gasteiger partial charge in [0.25, 0.3) is 11.2 Å². The number of benzene rings is 2. The maximum absolute atomic E-state index is 13.1. The summed E-state index contributed by atoms with van der Waals surface area (Å²) in [7, 11) is 0. The molecule has 3 aromatic rings. The molecule has 10 nitrogen and oxygen atoms in total. The van der Waals surface area contributed by atoms with Crippen LogP contribution in [-0.2, 0) is 11.3 Å². The number of aromatic nitrogens is 2. The highest BCUT2D eigenvalue weighted by atomic mass is 19.4. The molecule has 0 saturated carbocycles. The zero-order valence-corrected chi connectivity index (χ0v) is 17.3. The topological polar surface area (TPSA) is 160 Å². The van der Waals surface area contributed by atoms with Crippen molar-refractivity contribution >= 4 is 28.3 Å². The molecule has 0 atom stereocenters. The Hall–Kier alpha value is -4.00. The van der Waals surface area contributed by atoms with E-state index in [4.69, 9.17) is 9.90 Å². The Morgan fingerprint density at radius 3 is 2.21 bits per heavy atom. The summed E-state index contributed by atoms with van der Waals surface area (Å²) < 4.78 is 32.9. The summed E-state index contributed by atoms with van der Waals surface area (Å²) in [4.78, 5) is 32.9. The van der Waals surface area contributed by atoms with Gasteiger partial charge in [-0.25, -0.2) is 0 Å². The molecule has 0 spiro atoms. The second-order valence-corrected chi connectivity index (χ2v) is 6.89. The van der Waals surface area contributed by atoms with Crippen LogP contribution in [0.1, 0.15) is 28.0 Å². The van der Waals surface area contributed by atoms with Gasteiger partial charge in [-0.3, -0.25) is 14.9 Å². The molecule has 1 aromatic heterocycles. The Morgan fingerprint density at radius 2 is 1.73 bits per heavy atom. The van der Waals surface area contributed by atoms with Gasteiger partial charge in [-0.1, -0.05) is 34.7 Å². The van der Waals surface area contributed by atoms with Crippen molar-refractivity contribution in [2.75, 3.05) is 6.54 Å². The van der Waals surface area contributed by atoms with E-state index < -0.39 is 17.1 Å². The lowest BCUT2D eigenvalue weighted by Crippen LogP contribution is -2.51. The standard InChI is InChI=1S/C18H18N4O4.C2HF3O2/c1-12-3-5-13(6-4-12)18(23)17-15-8-7-14(22(25)26)11-16(15)21(24)20(17)10-2-9-19;3-2(4,5)1(6)7/h3-8,11H,2,9-10,19H2,1H3;(H,6,7). The Bertz CT molecular complexity index is 1190. The number of nitrogens with zero attached hydrogens (tertiary/aromatic N) is 3. The highest BCUT2D eigenvalue weighted by Gasteiger charge is 2.29. The zero-order valence-electron chi connectivity index (χ0n) is 17.3. The number of alkyl halides is 3. The van der Waals surface area contributed by atoms with Gasteiger partial charge in [-0.15, -0.1) is 4.68 Å². The summed E-state index contributed by atoms with van der Waals surface area (Å²) >= 11 is 0. The first-order valence-electron chi connectivity index (χ1n) is 9.47. The third-order valence-corrected chi connectivity index (χ3v) is 4.51. The normalized spacial score (nSPS) is 11.1. The lowest BCUT2D eigenvalue weighted by molar-refractivity contribution is -0.670. The average Bonchev–Trinajstić information content (AvgIpc) is 3.03. The number of carboxylic acid groups (broad SMARTS) is 1. The van der Waals surface area contributed by atoms with Crippen LogP contribution in [0.4, 0.5) is 18.9 Å². The summed E-state index contributed by atoms with van der Waals surface area (Å²) in [6, 6.07) is 11.0. The van der Waals surface area contributed by atoms with Crippen molar-refractivity contribution in [1.82, 2.24) is 4.68 Å². The van der Waals surface area contributed by atoms with Gasteiger partial charge in [0.05, 0.1) is 29.5 Å². The van der Waals surface area contributed by atoms with E-state index in [1.807, 2.05) is 19.1 Å². The number of aliphatic carboxylic acids is 1. The van der Waals surface area contributed by atoms with E-state index in [0.717, 1.165) is 5.56 Å². The first-order valence-corrected chi connectivity index (χ1v) is 9.47. The van der Waals surface area contributed by atoms with Crippen LogP contribution >= 0.6 is 0 Å². The molecular formula is C20H19F3N4O6. The fraction of sp³-hybridized carbons (Fsp3) is 0.250. The number of nitro groups is 1. The summed E-state index contributed by atoms with van der Waals surface area (Å²) in [5.74, 6) is -3.30. The quantitative estimate of drug-likeness (QED) is 0.184. The monoisotopic (exact) mass is 468 g/mol. The Balaban J connectivity index is 0.000000479. The van der Waals surface area contributed by atoms with Crippen molar-refractivity contribution in [2.45, 2.75) is 26.1 Å². The van der Waals surface area contributed by atoms with Crippen LogP contribution < -0.4 is 15.7 Å². The van der Waals surface area contributed by atoms with Crippen LogP contribution in [-0.4, -0.2) is 34.1 Å². The number of quaternary nitrogens is 1. The van der Waals surface area contributed by atoms with Gasteiger partial charge >= 0.3 is 6.18 Å². The molecule has 0 saturated heterocycles. The van der Waals surface area contributed by atoms with Crippen molar-refractivity contribution in [3.05, 3.63) is 74.6 Å². The number of ketones is 1. The molecule has 176 valence electrons. The van der Waals surface area contributed by atoms with E-state index in [2.05, 4.69) is 5.73 Å². The third kappa shape index (κ3) is 5.83. The highest BCUT2D eigenvalue weighted by Crippen LogP contribution is 2.25. The van der Waals surface area contributed by atoms with E-state index in [9.17, 15) is 33.3 Å². The number of aryl methyl sites for hydroxylation is 1. The number of fused-ring (bicyclic) bond motifs is 1. The predicted molar refractivity (Wildman–Crippen MR) is 106 cm³/mol. The highest BCUT2D eigenvalue weighted by molar-refractivity contribution is 6.14. The number of hydrogen-bond donors (Lipinski definition) is 1. The second kappa shape index (κ2) is 10.1. The number of carbonyl (C=O) groups excluding carboxylic acids is 2. The van der Waals surface area contributed by atoms with E-state index >= 15 is 0 Å². The van der Waals surface area contributed by atoms with Gasteiger partial charge in [0.1, 0.15) is 5.97 Å². The van der Waals surface area contributed by atoms with Crippen molar-refractivity contribution in [3.63, 3.8) is 0 Å². The molecule has 0 bridgehead atoms. The first kappa shape index (κ1) is 25.3. The van der Waals surface area contributed by atoms with Crippen LogP contribution in [0.2, 0.25) is 0 Å². The summed E-state index contributed by atoms with van der Waals surface area (Å²) in [5.41, 5.74) is 5.41. The lowest BCUT2D eigenvalue weighted by atomic mass is 10.0. The summed E-state index contributed by atoms with van der Waals surface area (Å²) in [6.07, 6.45) is -4.58. The number of non-ortho nitro benzene ring substituents is 1. The molecule has 33 heavy (non-hydrogen) atoms. The molecule has 3 N–H and O–H groups in total. The second-order valence-electron chi connectivity index (χ2n) is 6.89. The molecule has 0 fully saturated rings. The van der Waals surface area contributed by atoms with Gasteiger partial charge in [0.2, 0.25) is 5.78 Å². The van der Waals surface area contributed by atoms with Gasteiger partial charge in [0, 0.05) is 18.1 Å². The average molecular weight is 468 g/mol. The molecule has 0 aliphatic rings. The molecule has 0 unspecified atom stereocenters. The molecule has 1 heterocycles. The van der Waals surface area contributed by atoms with Gasteiger partial charge in [-0.05, 0) is 13.0 Å². The largest absolute Gasteiger partial charge is 0.595 e. The maximum atomic E-state index is 13.1. The van der Waals surface area contributed by atoms with E-state index in [1.165, 1.54) is 22.9 Å². The smallest absolute Gasteiger partial charge is 0.430 e. The predicted octanol–water partition coefficient (Wildman–Crippen LogP) is 0.653. The zero-order chi connectivity index (χ0) is 24.9. The number of hydrogen-bond acceptors (Lipinski definition) is 6. The molecule has 0 amide bonds. The van der Waals surface area contributed by atoms with Gasteiger partial charge in [-0.2, -0.15) is 13.2 Å². The number of carboxylic acids is 1. The van der Waals surface area contributed by atoms with Crippen molar-refractivity contribution in [1.29, 1.82) is 0 Å². The minimum absolute atomic E-state index is 0.110. The molecular weight excluding hydrogens is 449 g/mol. The van der Waals surface area contributed by atoms with Crippen LogP contribution in [0.25, 0.3) is 10.9 Å². The third-order valence-electron chi connectivity index (χ3n) is 4.51. The molecule has 13 heteroatoms. The SMILES string of the molecule is Cc1ccc(C(=O)c2c3ccc([N+](=O)[O-])cc3[n+]([O-])n2CCC[NH3+])cc1.O=C([O-])C(F)(F)F. The first-order chi connectivity index (χ1) is 15.4. The van der Waals surface area contributed by atoms with E-state index in [-0.39, 0.29) is 22.7 Å². The van der Waals surface area contributed by atoms with E-state index in [1.54, 1.807) is 12.1 Å². The molecule has 3 rings (SSSR count). The van der Waals surface area contributed by atoms with Crippen molar-refractivity contribution in [3.8, 4) is 0 Å². The van der Waals surface area contributed by atoms with Gasteiger partial charge in [0.15, 0.2) is 5.69 Å². The number of halogens is 3. The number of carbonyl (C=O) groups is 2. The Labute approximate surface area is 184 Å². The van der Waals surface area contributed by atoms with Crippen molar-refractivity contribution < 1.29 is 43.4 Å². The van der Waals surface area contributed by atoms with Crippen LogP contribution in [0.3, 0.4) is 0 Å². The van der Waals surface area contributed by atoms with E-state index in [0.29, 0.717) is 35.3 Å². The fourth-order valence-corrected chi connectivity index (χ4v) is 2.90. The molecule has 2 aromatic carbocycles. The van der Waals surface area contributed by atoms with Gasteiger partial charge < -0.3 is 20.8 Å².